The molecule has 1 aliphatic heterocycles. The van der Waals surface area contributed by atoms with Crippen LogP contribution in [0.1, 0.15) is 55.4 Å². The van der Waals surface area contributed by atoms with Crippen LogP contribution in [0.15, 0.2) is 35.6 Å². The molecule has 1 fully saturated rings. The van der Waals surface area contributed by atoms with Crippen LogP contribution in [0.2, 0.25) is 0 Å². The predicted octanol–water partition coefficient (Wildman–Crippen LogP) is 4.81. The van der Waals surface area contributed by atoms with E-state index < -0.39 is 34.7 Å². The van der Waals surface area contributed by atoms with Gasteiger partial charge in [0.25, 0.3) is 5.91 Å². The highest BCUT2D eigenvalue weighted by Crippen LogP contribution is 2.33. The van der Waals surface area contributed by atoms with Crippen LogP contribution in [-0.4, -0.2) is 43.9 Å². The summed E-state index contributed by atoms with van der Waals surface area (Å²) in [5.41, 5.74) is 2.18. The fourth-order valence-corrected chi connectivity index (χ4v) is 4.70. The lowest BCUT2D eigenvalue weighted by Gasteiger charge is -2.28. The van der Waals surface area contributed by atoms with Crippen molar-refractivity contribution >= 4 is 34.4 Å². The number of phenols is 1. The second kappa shape index (κ2) is 9.16. The molecule has 182 valence electrons. The van der Waals surface area contributed by atoms with E-state index in [0.717, 1.165) is 54.4 Å². The van der Waals surface area contributed by atoms with Gasteiger partial charge in [0.05, 0.1) is 29.3 Å². The van der Waals surface area contributed by atoms with Crippen LogP contribution in [0.5, 0.6) is 5.75 Å². The molecule has 0 atom stereocenters. The average molecular weight is 485 g/mol. The molecule has 1 saturated carbocycles. The Morgan fingerprint density at radius 3 is 2.66 bits per heavy atom. The minimum absolute atomic E-state index is 0.161. The minimum atomic E-state index is -1.77. The zero-order valence-electron chi connectivity index (χ0n) is 19.1. The number of hydrazone groups is 1. The Hall–Kier alpha value is -3.69. The molecule has 7 nitrogen and oxygen atoms in total. The lowest BCUT2D eigenvalue weighted by atomic mass is 9.86. The van der Waals surface area contributed by atoms with Gasteiger partial charge in [-0.05, 0) is 55.8 Å². The average Bonchev–Trinajstić information content (AvgIpc) is 3.49. The molecule has 10 heteroatoms. The number of benzene rings is 2. The summed E-state index contributed by atoms with van der Waals surface area (Å²) < 4.78 is 44.9. The lowest BCUT2D eigenvalue weighted by molar-refractivity contribution is -0.437. The Bertz CT molecular complexity index is 1370. The summed E-state index contributed by atoms with van der Waals surface area (Å²) in [5.74, 6) is -6.90. The van der Waals surface area contributed by atoms with E-state index in [2.05, 4.69) is 10.4 Å². The molecule has 0 radical (unpaired) electrons. The number of rotatable bonds is 5. The van der Waals surface area contributed by atoms with Crippen molar-refractivity contribution in [3.8, 4) is 5.75 Å². The zero-order valence-corrected chi connectivity index (χ0v) is 19.1. The van der Waals surface area contributed by atoms with Crippen LogP contribution in [-0.2, 0) is 0 Å². The number of hydrogen-bond acceptors (Lipinski definition) is 4. The third-order valence-electron chi connectivity index (χ3n) is 6.73. The number of carbonyl (C=O) groups is 1. The number of fused-ring (bicyclic) bond motifs is 1. The third-order valence-corrected chi connectivity index (χ3v) is 6.73. The molecule has 0 saturated heterocycles. The monoisotopic (exact) mass is 484 g/mol. The Morgan fingerprint density at radius 1 is 1.17 bits per heavy atom. The van der Waals surface area contributed by atoms with Gasteiger partial charge < -0.3 is 10.4 Å². The molecule has 35 heavy (non-hydrogen) atoms. The normalized spacial score (nSPS) is 20.1. The number of nitrogens with zero attached hydrogens (tertiary/aromatic N) is 4. The van der Waals surface area contributed by atoms with Crippen LogP contribution < -0.4 is 5.32 Å². The van der Waals surface area contributed by atoms with Crippen molar-refractivity contribution in [2.45, 2.75) is 45.1 Å². The summed E-state index contributed by atoms with van der Waals surface area (Å²) in [7, 11) is 0. The Balaban J connectivity index is 1.19. The van der Waals surface area contributed by atoms with Gasteiger partial charge in [0.15, 0.2) is 23.6 Å². The first kappa shape index (κ1) is 23.1. The molecule has 1 amide bonds. The highest BCUT2D eigenvalue weighted by Gasteiger charge is 2.26. The molecule has 0 spiro atoms. The number of nitrogens with one attached hydrogen (secondary N) is 1. The van der Waals surface area contributed by atoms with Crippen LogP contribution in [0.4, 0.5) is 18.9 Å². The molecule has 2 aliphatic rings. The molecule has 2 N–H and O–H groups in total. The smallest absolute Gasteiger partial charge is 0.254 e. The Labute approximate surface area is 199 Å². The third kappa shape index (κ3) is 4.52. The maximum absolute atomic E-state index is 13.9. The Kier molecular flexibility index (Phi) is 6.04. The molecule has 2 heterocycles. The van der Waals surface area contributed by atoms with Gasteiger partial charge in [-0.1, -0.05) is 4.68 Å². The van der Waals surface area contributed by atoms with E-state index in [1.165, 1.54) is 0 Å². The van der Waals surface area contributed by atoms with Crippen molar-refractivity contribution in [1.29, 1.82) is 0 Å². The van der Waals surface area contributed by atoms with Crippen molar-refractivity contribution < 1.29 is 27.8 Å². The van der Waals surface area contributed by atoms with Crippen LogP contribution >= 0.6 is 0 Å². The minimum Gasteiger partial charge on any atom is -0.503 e. The van der Waals surface area contributed by atoms with Crippen LogP contribution in [0.25, 0.3) is 10.9 Å². The topological polar surface area (TPSA) is 82.5 Å². The summed E-state index contributed by atoms with van der Waals surface area (Å²) in [6.07, 6.45) is 8.30. The molecule has 5 rings (SSSR count). The first-order valence-corrected chi connectivity index (χ1v) is 11.6. The van der Waals surface area contributed by atoms with E-state index in [-0.39, 0.29) is 18.5 Å². The first-order chi connectivity index (χ1) is 16.8. The molecular formula is C25H25F3N5O2+. The quantitative estimate of drug-likeness (QED) is 0.403. The van der Waals surface area contributed by atoms with Crippen LogP contribution in [0.3, 0.4) is 0 Å². The fourth-order valence-electron chi connectivity index (χ4n) is 4.70. The SMILES string of the molecule is CC1=N[N+](c2ccc3cn(C4CCC(CNC(=O)c5cc(F)c(O)c(F)c5F)CC4)nc3c2)=CC1. The van der Waals surface area contributed by atoms with Crippen molar-refractivity contribution in [3.63, 3.8) is 0 Å². The summed E-state index contributed by atoms with van der Waals surface area (Å²) in [4.78, 5) is 12.3. The van der Waals surface area contributed by atoms with Gasteiger partial charge in [0, 0.05) is 30.3 Å². The van der Waals surface area contributed by atoms with Gasteiger partial charge in [-0.15, -0.1) is 0 Å². The van der Waals surface area contributed by atoms with Gasteiger partial charge in [-0.3, -0.25) is 9.48 Å². The number of aromatic hydroxyl groups is 1. The maximum Gasteiger partial charge on any atom is 0.254 e. The number of phenolic OH excluding ortho intramolecular Hbond substituents is 1. The van der Waals surface area contributed by atoms with Gasteiger partial charge in [0.1, 0.15) is 0 Å². The summed E-state index contributed by atoms with van der Waals surface area (Å²) >= 11 is 0. The molecule has 1 aromatic heterocycles. The van der Waals surface area contributed by atoms with E-state index in [4.69, 9.17) is 10.2 Å². The standard InChI is InChI=1S/C25H24F3N5O2/c1-14-8-9-32(30-14)18-7-4-16-13-33(31-21(16)10-18)17-5-2-15(3-6-17)12-29-25(35)19-11-20(26)24(34)23(28)22(19)27/h4,7,9-11,13,15,17H,2-3,5-6,8,12H2,1H3,(H-,29,34,35)/p+1. The van der Waals surface area contributed by atoms with Gasteiger partial charge >= 0.3 is 0 Å². The number of amides is 1. The molecule has 0 bridgehead atoms. The van der Waals surface area contributed by atoms with Crippen molar-refractivity contribution in [2.75, 3.05) is 6.54 Å². The summed E-state index contributed by atoms with van der Waals surface area (Å²) in [6, 6.07) is 6.83. The first-order valence-electron chi connectivity index (χ1n) is 11.6. The Morgan fingerprint density at radius 2 is 1.94 bits per heavy atom. The maximum atomic E-state index is 13.9. The van der Waals surface area contributed by atoms with Crippen molar-refractivity contribution in [1.82, 2.24) is 15.1 Å². The van der Waals surface area contributed by atoms with E-state index in [9.17, 15) is 18.0 Å². The molecule has 0 unspecified atom stereocenters. The zero-order chi connectivity index (χ0) is 24.7. The van der Waals surface area contributed by atoms with E-state index >= 15 is 0 Å². The van der Waals surface area contributed by atoms with E-state index in [1.54, 1.807) is 0 Å². The highest BCUT2D eigenvalue weighted by atomic mass is 19.2. The largest absolute Gasteiger partial charge is 0.503 e. The lowest BCUT2D eigenvalue weighted by Crippen LogP contribution is -2.32. The van der Waals surface area contributed by atoms with E-state index in [1.807, 2.05) is 46.9 Å². The molecule has 3 aromatic rings. The second-order valence-corrected chi connectivity index (χ2v) is 9.19. The number of halogens is 3. The van der Waals surface area contributed by atoms with Crippen molar-refractivity contribution in [3.05, 3.63) is 53.5 Å². The van der Waals surface area contributed by atoms with E-state index in [0.29, 0.717) is 6.07 Å². The highest BCUT2D eigenvalue weighted by molar-refractivity contribution is 5.95. The second-order valence-electron chi connectivity index (χ2n) is 9.19. The number of hydrogen-bond donors (Lipinski definition) is 2. The van der Waals surface area contributed by atoms with Crippen molar-refractivity contribution in [2.24, 2.45) is 11.0 Å². The van der Waals surface area contributed by atoms with Crippen LogP contribution in [0, 0.1) is 23.4 Å². The van der Waals surface area contributed by atoms with Gasteiger partial charge in [-0.2, -0.15) is 9.49 Å². The summed E-state index contributed by atoms with van der Waals surface area (Å²) in [6.45, 7) is 2.27. The fraction of sp³-hybridized carbons (Fsp3) is 0.360. The summed E-state index contributed by atoms with van der Waals surface area (Å²) in [5, 5.41) is 22.0. The van der Waals surface area contributed by atoms with Gasteiger partial charge in [0.2, 0.25) is 11.5 Å². The number of carbonyl (C=O) groups excluding carboxylic acids is 1. The predicted molar refractivity (Wildman–Crippen MR) is 125 cm³/mol. The molecule has 2 aromatic carbocycles. The molecule has 1 aliphatic carbocycles. The number of aromatic nitrogens is 2. The molecular weight excluding hydrogens is 459 g/mol. The van der Waals surface area contributed by atoms with Gasteiger partial charge in [-0.25, -0.2) is 8.78 Å².